The monoisotopic (exact) mass is 243 g/mol. The second kappa shape index (κ2) is 4.94. The Hall–Kier alpha value is -1.61. The van der Waals surface area contributed by atoms with Crippen LogP contribution in [0.5, 0.6) is 0 Å². The summed E-state index contributed by atoms with van der Waals surface area (Å²) in [5, 5.41) is 3.20. The second-order valence-corrected chi connectivity index (χ2v) is 4.88. The number of benzene rings is 1. The van der Waals surface area contributed by atoms with E-state index in [1.54, 1.807) is 0 Å². The van der Waals surface area contributed by atoms with Crippen LogP contribution in [-0.2, 0) is 13.6 Å². The Kier molecular flexibility index (Phi) is 3.53. The van der Waals surface area contributed by atoms with Crippen molar-refractivity contribution in [3.63, 3.8) is 0 Å². The lowest BCUT2D eigenvalue weighted by molar-refractivity contribution is 0.732. The van der Waals surface area contributed by atoms with Crippen LogP contribution >= 0.6 is 0 Å². The molecule has 2 aromatic rings. The van der Waals surface area contributed by atoms with E-state index >= 15 is 0 Å². The van der Waals surface area contributed by atoms with E-state index in [4.69, 9.17) is 4.98 Å². The molecule has 0 fully saturated rings. The van der Waals surface area contributed by atoms with Gasteiger partial charge in [-0.1, -0.05) is 17.7 Å². The zero-order valence-electron chi connectivity index (χ0n) is 11.8. The molecule has 0 atom stereocenters. The Morgan fingerprint density at radius 1 is 1.22 bits per heavy atom. The average molecular weight is 243 g/mol. The first-order valence-electron chi connectivity index (χ1n) is 6.29. The molecular formula is C15H21N3. The molecule has 0 aliphatic heterocycles. The van der Waals surface area contributed by atoms with Gasteiger partial charge < -0.3 is 9.88 Å². The summed E-state index contributed by atoms with van der Waals surface area (Å²) >= 11 is 0. The number of hydrogen-bond acceptors (Lipinski definition) is 2. The van der Waals surface area contributed by atoms with Crippen molar-refractivity contribution in [3.05, 3.63) is 40.7 Å². The molecule has 3 heteroatoms. The SMILES string of the molecule is CNCc1c(C)nc(-c2cc(C)ccc2C)n1C. The number of aryl methyl sites for hydroxylation is 3. The molecule has 0 saturated heterocycles. The van der Waals surface area contributed by atoms with Crippen LogP contribution in [-0.4, -0.2) is 16.6 Å². The van der Waals surface area contributed by atoms with Gasteiger partial charge in [0.05, 0.1) is 11.4 Å². The van der Waals surface area contributed by atoms with Gasteiger partial charge in [-0.15, -0.1) is 0 Å². The summed E-state index contributed by atoms with van der Waals surface area (Å²) in [5.41, 5.74) is 6.11. The van der Waals surface area contributed by atoms with Crippen molar-refractivity contribution in [2.24, 2.45) is 7.05 Å². The predicted octanol–water partition coefficient (Wildman–Crippen LogP) is 2.73. The lowest BCUT2D eigenvalue weighted by Crippen LogP contribution is -2.10. The van der Waals surface area contributed by atoms with E-state index in [1.807, 2.05) is 7.05 Å². The number of hydrogen-bond donors (Lipinski definition) is 1. The van der Waals surface area contributed by atoms with Gasteiger partial charge in [-0.05, 0) is 39.4 Å². The van der Waals surface area contributed by atoms with Crippen LogP contribution in [0.25, 0.3) is 11.4 Å². The quantitative estimate of drug-likeness (QED) is 0.898. The fraction of sp³-hybridized carbons (Fsp3) is 0.400. The first-order chi connectivity index (χ1) is 8.54. The van der Waals surface area contributed by atoms with Crippen LogP contribution in [0.1, 0.15) is 22.5 Å². The van der Waals surface area contributed by atoms with Crippen molar-refractivity contribution < 1.29 is 0 Å². The Morgan fingerprint density at radius 2 is 1.94 bits per heavy atom. The standard InChI is InChI=1S/C15H21N3/c1-10-6-7-11(2)13(8-10)15-17-12(3)14(9-16-4)18(15)5/h6-8,16H,9H2,1-5H3. The Labute approximate surface area is 109 Å². The predicted molar refractivity (Wildman–Crippen MR) is 75.6 cm³/mol. The molecule has 0 bridgehead atoms. The van der Waals surface area contributed by atoms with Crippen LogP contribution in [0.4, 0.5) is 0 Å². The molecule has 2 rings (SSSR count). The summed E-state index contributed by atoms with van der Waals surface area (Å²) in [7, 11) is 4.05. The third-order valence-electron chi connectivity index (χ3n) is 3.39. The molecule has 0 unspecified atom stereocenters. The molecule has 1 aromatic carbocycles. The second-order valence-electron chi connectivity index (χ2n) is 4.88. The van der Waals surface area contributed by atoms with Crippen LogP contribution in [0.15, 0.2) is 18.2 Å². The summed E-state index contributed by atoms with van der Waals surface area (Å²) in [4.78, 5) is 4.72. The van der Waals surface area contributed by atoms with Gasteiger partial charge >= 0.3 is 0 Å². The molecule has 0 radical (unpaired) electrons. The highest BCUT2D eigenvalue weighted by atomic mass is 15.1. The first kappa shape index (κ1) is 12.8. The molecule has 3 nitrogen and oxygen atoms in total. The van der Waals surface area contributed by atoms with Crippen molar-refractivity contribution in [1.82, 2.24) is 14.9 Å². The van der Waals surface area contributed by atoms with Gasteiger partial charge in [0.25, 0.3) is 0 Å². The maximum absolute atomic E-state index is 4.72. The molecule has 0 saturated carbocycles. The maximum Gasteiger partial charge on any atom is 0.140 e. The molecule has 0 aliphatic rings. The van der Waals surface area contributed by atoms with Gasteiger partial charge in [0.1, 0.15) is 5.82 Å². The van der Waals surface area contributed by atoms with Crippen LogP contribution < -0.4 is 5.32 Å². The van der Waals surface area contributed by atoms with Crippen LogP contribution in [0.2, 0.25) is 0 Å². The van der Waals surface area contributed by atoms with E-state index in [1.165, 1.54) is 22.4 Å². The van der Waals surface area contributed by atoms with Crippen molar-refractivity contribution in [2.75, 3.05) is 7.05 Å². The van der Waals surface area contributed by atoms with E-state index in [9.17, 15) is 0 Å². The third kappa shape index (κ3) is 2.18. The molecule has 0 spiro atoms. The highest BCUT2D eigenvalue weighted by Gasteiger charge is 2.14. The molecule has 0 aliphatic carbocycles. The topological polar surface area (TPSA) is 29.9 Å². The van der Waals surface area contributed by atoms with Crippen LogP contribution in [0.3, 0.4) is 0 Å². The minimum atomic E-state index is 0.847. The zero-order valence-corrected chi connectivity index (χ0v) is 11.8. The van der Waals surface area contributed by atoms with E-state index < -0.39 is 0 Å². The highest BCUT2D eigenvalue weighted by molar-refractivity contribution is 5.62. The third-order valence-corrected chi connectivity index (χ3v) is 3.39. The molecule has 18 heavy (non-hydrogen) atoms. The molecule has 0 amide bonds. The Morgan fingerprint density at radius 3 is 2.61 bits per heavy atom. The number of nitrogens with one attached hydrogen (secondary N) is 1. The summed E-state index contributed by atoms with van der Waals surface area (Å²) < 4.78 is 2.19. The zero-order chi connectivity index (χ0) is 13.3. The molecule has 1 heterocycles. The van der Waals surface area contributed by atoms with E-state index in [2.05, 4.69) is 55.9 Å². The molecular weight excluding hydrogens is 222 g/mol. The number of nitrogens with zero attached hydrogens (tertiary/aromatic N) is 2. The minimum absolute atomic E-state index is 0.847. The number of rotatable bonds is 3. The summed E-state index contributed by atoms with van der Waals surface area (Å²) in [6.07, 6.45) is 0. The fourth-order valence-corrected chi connectivity index (χ4v) is 2.30. The molecule has 1 aromatic heterocycles. The van der Waals surface area contributed by atoms with Crippen molar-refractivity contribution in [3.8, 4) is 11.4 Å². The smallest absolute Gasteiger partial charge is 0.140 e. The van der Waals surface area contributed by atoms with Gasteiger partial charge in [-0.2, -0.15) is 0 Å². The van der Waals surface area contributed by atoms with Gasteiger partial charge in [-0.25, -0.2) is 4.98 Å². The van der Waals surface area contributed by atoms with E-state index in [0.29, 0.717) is 0 Å². The highest BCUT2D eigenvalue weighted by Crippen LogP contribution is 2.25. The van der Waals surface area contributed by atoms with Crippen molar-refractivity contribution in [2.45, 2.75) is 27.3 Å². The summed E-state index contributed by atoms with van der Waals surface area (Å²) in [6, 6.07) is 6.51. The number of aromatic nitrogens is 2. The fourth-order valence-electron chi connectivity index (χ4n) is 2.30. The van der Waals surface area contributed by atoms with E-state index in [0.717, 1.165) is 18.1 Å². The Balaban J connectivity index is 2.57. The van der Waals surface area contributed by atoms with Gasteiger partial charge in [-0.3, -0.25) is 0 Å². The lowest BCUT2D eigenvalue weighted by Gasteiger charge is -2.09. The molecule has 1 N–H and O–H groups in total. The lowest BCUT2D eigenvalue weighted by atomic mass is 10.1. The number of imidazole rings is 1. The van der Waals surface area contributed by atoms with Crippen molar-refractivity contribution in [1.29, 1.82) is 0 Å². The maximum atomic E-state index is 4.72. The molecule has 96 valence electrons. The minimum Gasteiger partial charge on any atom is -0.330 e. The van der Waals surface area contributed by atoms with E-state index in [-0.39, 0.29) is 0 Å². The van der Waals surface area contributed by atoms with Crippen molar-refractivity contribution >= 4 is 0 Å². The van der Waals surface area contributed by atoms with Gasteiger partial charge in [0.15, 0.2) is 0 Å². The normalized spacial score (nSPS) is 10.9. The van der Waals surface area contributed by atoms with Gasteiger partial charge in [0.2, 0.25) is 0 Å². The summed E-state index contributed by atoms with van der Waals surface area (Å²) in [6.45, 7) is 7.17. The average Bonchev–Trinajstić information content (AvgIpc) is 2.61. The Bertz CT molecular complexity index is 567. The van der Waals surface area contributed by atoms with Crippen LogP contribution in [0, 0.1) is 20.8 Å². The largest absolute Gasteiger partial charge is 0.330 e. The first-order valence-corrected chi connectivity index (χ1v) is 6.29. The van der Waals surface area contributed by atoms with Gasteiger partial charge in [0, 0.05) is 19.2 Å². The summed E-state index contributed by atoms with van der Waals surface area (Å²) in [5.74, 6) is 1.05.